The van der Waals surface area contributed by atoms with E-state index in [4.69, 9.17) is 14.6 Å². The molecular weight excluding hydrogens is 448 g/mol. The number of amides is 2. The number of pyridine rings is 1. The number of likely N-dealkylation sites (tertiary alicyclic amines) is 1. The summed E-state index contributed by atoms with van der Waals surface area (Å²) in [6.07, 6.45) is 7.36. The summed E-state index contributed by atoms with van der Waals surface area (Å²) in [6, 6.07) is 9.94. The number of carbonyl (C=O) groups excluding carboxylic acids is 2. The number of nitrogens with zero attached hydrogens (tertiary/aromatic N) is 2. The first kappa shape index (κ1) is 26.2. The largest absolute Gasteiger partial charge is 0.493 e. The van der Waals surface area contributed by atoms with Gasteiger partial charge in [0.05, 0.1) is 18.9 Å². The molecule has 0 spiro atoms. The summed E-state index contributed by atoms with van der Waals surface area (Å²) in [5.74, 6) is 0.972. The highest BCUT2D eigenvalue weighted by Gasteiger charge is 2.27. The predicted octanol–water partition coefficient (Wildman–Crippen LogP) is 1.79. The van der Waals surface area contributed by atoms with Crippen LogP contribution in [-0.4, -0.2) is 66.1 Å². The molecule has 3 N–H and O–H groups in total. The van der Waals surface area contributed by atoms with E-state index in [0.29, 0.717) is 19.5 Å². The number of likely N-dealkylation sites (N-methyl/N-ethyl adjacent to an activating group) is 1. The molecule has 0 unspecified atom stereocenters. The lowest BCUT2D eigenvalue weighted by atomic mass is 10.00. The Hall–Kier alpha value is -3.46. The molecule has 2 amide bonds. The van der Waals surface area contributed by atoms with E-state index in [2.05, 4.69) is 26.6 Å². The van der Waals surface area contributed by atoms with Crippen LogP contribution in [0.1, 0.15) is 36.0 Å². The van der Waals surface area contributed by atoms with Crippen LogP contribution in [0.25, 0.3) is 0 Å². The number of carbonyl (C=O) groups is 3. The van der Waals surface area contributed by atoms with Gasteiger partial charge in [0.25, 0.3) is 6.47 Å². The molecule has 1 aromatic heterocycles. The number of benzene rings is 1. The number of nitrogens with one attached hydrogen (secondary N) is 2. The lowest BCUT2D eigenvalue weighted by molar-refractivity contribution is -0.126. The van der Waals surface area contributed by atoms with Crippen molar-refractivity contribution in [2.24, 2.45) is 5.92 Å². The van der Waals surface area contributed by atoms with Crippen molar-refractivity contribution in [2.75, 3.05) is 26.7 Å². The Morgan fingerprint density at radius 1 is 1.17 bits per heavy atom. The highest BCUT2D eigenvalue weighted by atomic mass is 16.5. The van der Waals surface area contributed by atoms with Gasteiger partial charge in [0.1, 0.15) is 5.75 Å². The van der Waals surface area contributed by atoms with Crippen LogP contribution in [0.5, 0.6) is 5.75 Å². The van der Waals surface area contributed by atoms with Crippen molar-refractivity contribution < 1.29 is 24.2 Å². The Morgan fingerprint density at radius 3 is 2.71 bits per heavy atom. The van der Waals surface area contributed by atoms with E-state index in [-0.39, 0.29) is 30.2 Å². The van der Waals surface area contributed by atoms with Crippen LogP contribution in [0.3, 0.4) is 0 Å². The fourth-order valence-corrected chi connectivity index (χ4v) is 4.57. The second-order valence-corrected chi connectivity index (χ2v) is 9.01. The molecule has 0 aliphatic carbocycles. The standard InChI is InChI=1S/C25H32N4O3.CH2O2/c1-29-16-21(5-6-22(17-29)28-24(30)14-18-8-10-26-11-9-18)25(31)27-15-19-4-7-23-20(13-19)3-2-12-32-23;2-1-3/h4,7-11,13,21-22H,2-3,5-6,12,14-17H2,1H3,(H,27,31)(H,28,30);1H,(H,2,3)/t21-,22+;/m1./s1. The maximum absolute atomic E-state index is 12.9. The molecule has 2 aliphatic rings. The molecule has 2 aliphatic heterocycles. The first-order chi connectivity index (χ1) is 17.0. The third kappa shape index (κ3) is 8.36. The normalized spacial score (nSPS) is 19.6. The summed E-state index contributed by atoms with van der Waals surface area (Å²) >= 11 is 0. The number of fused-ring (bicyclic) bond motifs is 1. The van der Waals surface area contributed by atoms with E-state index < -0.39 is 0 Å². The number of rotatable bonds is 6. The van der Waals surface area contributed by atoms with Crippen molar-refractivity contribution in [3.8, 4) is 5.75 Å². The highest BCUT2D eigenvalue weighted by Crippen LogP contribution is 2.25. The van der Waals surface area contributed by atoms with Gasteiger partial charge in [0, 0.05) is 38.1 Å². The summed E-state index contributed by atoms with van der Waals surface area (Å²) in [6.45, 7) is 2.50. The van der Waals surface area contributed by atoms with Gasteiger partial charge in [-0.3, -0.25) is 19.4 Å². The topological polar surface area (TPSA) is 121 Å². The van der Waals surface area contributed by atoms with Crippen molar-refractivity contribution in [2.45, 2.75) is 44.7 Å². The molecule has 2 atom stereocenters. The first-order valence-corrected chi connectivity index (χ1v) is 12.0. The van der Waals surface area contributed by atoms with Crippen molar-refractivity contribution in [3.63, 3.8) is 0 Å². The molecule has 0 saturated carbocycles. The number of hydrogen-bond donors (Lipinski definition) is 3. The fourth-order valence-electron chi connectivity index (χ4n) is 4.57. The van der Waals surface area contributed by atoms with Gasteiger partial charge in [-0.2, -0.15) is 0 Å². The average molecular weight is 483 g/mol. The van der Waals surface area contributed by atoms with E-state index >= 15 is 0 Å². The van der Waals surface area contributed by atoms with Crippen LogP contribution >= 0.6 is 0 Å². The second kappa shape index (κ2) is 13.4. The van der Waals surface area contributed by atoms with Crippen molar-refractivity contribution in [3.05, 3.63) is 59.4 Å². The van der Waals surface area contributed by atoms with E-state index in [0.717, 1.165) is 55.7 Å². The van der Waals surface area contributed by atoms with E-state index in [1.807, 2.05) is 31.3 Å². The van der Waals surface area contributed by atoms with Crippen LogP contribution < -0.4 is 15.4 Å². The monoisotopic (exact) mass is 482 g/mol. The van der Waals surface area contributed by atoms with E-state index in [9.17, 15) is 9.59 Å². The molecule has 2 aromatic rings. The van der Waals surface area contributed by atoms with Gasteiger partial charge in [-0.1, -0.05) is 12.1 Å². The minimum atomic E-state index is -0.250. The zero-order valence-electron chi connectivity index (χ0n) is 20.1. The molecule has 9 nitrogen and oxygen atoms in total. The zero-order valence-corrected chi connectivity index (χ0v) is 20.1. The van der Waals surface area contributed by atoms with E-state index in [1.54, 1.807) is 12.4 Å². The smallest absolute Gasteiger partial charge is 0.290 e. The summed E-state index contributed by atoms with van der Waals surface area (Å²) in [5.41, 5.74) is 3.28. The molecule has 0 radical (unpaired) electrons. The maximum Gasteiger partial charge on any atom is 0.290 e. The molecule has 4 rings (SSSR count). The zero-order chi connectivity index (χ0) is 25.0. The average Bonchev–Trinajstić information content (AvgIpc) is 3.04. The summed E-state index contributed by atoms with van der Waals surface area (Å²) < 4.78 is 5.67. The van der Waals surface area contributed by atoms with Gasteiger partial charge in [-0.15, -0.1) is 0 Å². The molecule has 9 heteroatoms. The predicted molar refractivity (Wildman–Crippen MR) is 131 cm³/mol. The molecule has 1 saturated heterocycles. The van der Waals surface area contributed by atoms with Gasteiger partial charge < -0.3 is 25.4 Å². The number of aromatic nitrogens is 1. The van der Waals surface area contributed by atoms with E-state index in [1.165, 1.54) is 5.56 Å². The molecule has 3 heterocycles. The van der Waals surface area contributed by atoms with Crippen LogP contribution in [0, 0.1) is 5.92 Å². The van der Waals surface area contributed by atoms with Gasteiger partial charge in [-0.25, -0.2) is 0 Å². The third-order valence-corrected chi connectivity index (χ3v) is 6.22. The Kier molecular flexibility index (Phi) is 10.0. The molecule has 188 valence electrons. The quantitative estimate of drug-likeness (QED) is 0.537. The Morgan fingerprint density at radius 2 is 1.94 bits per heavy atom. The molecular formula is C26H34N4O5. The second-order valence-electron chi connectivity index (χ2n) is 9.01. The van der Waals surface area contributed by atoms with Gasteiger partial charge in [-0.05, 0) is 67.6 Å². The maximum atomic E-state index is 12.9. The van der Waals surface area contributed by atoms with Crippen LogP contribution in [0.15, 0.2) is 42.7 Å². The molecule has 1 aromatic carbocycles. The Labute approximate surface area is 205 Å². The minimum absolute atomic E-state index is 0.00823. The Balaban J connectivity index is 0.00000108. The number of aryl methyl sites for hydroxylation is 1. The van der Waals surface area contributed by atoms with Gasteiger partial charge in [0.15, 0.2) is 0 Å². The minimum Gasteiger partial charge on any atom is -0.493 e. The van der Waals surface area contributed by atoms with Crippen molar-refractivity contribution in [1.82, 2.24) is 20.5 Å². The molecule has 0 bridgehead atoms. The highest BCUT2D eigenvalue weighted by molar-refractivity contribution is 5.79. The molecule has 1 fully saturated rings. The summed E-state index contributed by atoms with van der Waals surface area (Å²) in [7, 11) is 2.01. The lowest BCUT2D eigenvalue weighted by Crippen LogP contribution is -2.42. The third-order valence-electron chi connectivity index (χ3n) is 6.22. The van der Waals surface area contributed by atoms with Crippen molar-refractivity contribution >= 4 is 18.3 Å². The lowest BCUT2D eigenvalue weighted by Gasteiger charge is -2.22. The first-order valence-electron chi connectivity index (χ1n) is 12.0. The number of hydrogen-bond acceptors (Lipinski definition) is 6. The molecule has 35 heavy (non-hydrogen) atoms. The summed E-state index contributed by atoms with van der Waals surface area (Å²) in [4.78, 5) is 39.8. The summed E-state index contributed by atoms with van der Waals surface area (Å²) in [5, 5.41) is 13.1. The van der Waals surface area contributed by atoms with Gasteiger partial charge >= 0.3 is 0 Å². The van der Waals surface area contributed by atoms with Crippen LogP contribution in [-0.2, 0) is 33.8 Å². The Bertz CT molecular complexity index is 985. The van der Waals surface area contributed by atoms with Gasteiger partial charge in [0.2, 0.25) is 11.8 Å². The van der Waals surface area contributed by atoms with Crippen LogP contribution in [0.2, 0.25) is 0 Å². The fraction of sp³-hybridized carbons (Fsp3) is 0.462. The van der Waals surface area contributed by atoms with Crippen LogP contribution in [0.4, 0.5) is 0 Å². The van der Waals surface area contributed by atoms with Crippen molar-refractivity contribution in [1.29, 1.82) is 0 Å². The number of carboxylic acid groups (broad SMARTS) is 1. The SMILES string of the molecule is CN1C[C@@H](NC(=O)Cc2ccncc2)CC[C@@H](C(=O)NCc2ccc3c(c2)CCCO3)C1.O=CO. The number of ether oxygens (including phenoxy) is 1.